The van der Waals surface area contributed by atoms with Crippen LogP contribution in [0.1, 0.15) is 13.3 Å². The first kappa shape index (κ1) is 15.3. The van der Waals surface area contributed by atoms with E-state index in [4.69, 9.17) is 0 Å². The SMILES string of the molecule is C/C=C/C(=O)N1CCC(Nc2ccc3ncn(C)c(=O)c3c2)C1. The van der Waals surface area contributed by atoms with E-state index >= 15 is 0 Å². The average Bonchev–Trinajstić information content (AvgIpc) is 3.00. The first-order valence-corrected chi connectivity index (χ1v) is 7.72. The van der Waals surface area contributed by atoms with Gasteiger partial charge in [-0.3, -0.25) is 9.59 Å². The average molecular weight is 312 g/mol. The Bertz CT molecular complexity index is 825. The van der Waals surface area contributed by atoms with Crippen LogP contribution in [0.3, 0.4) is 0 Å². The fourth-order valence-electron chi connectivity index (χ4n) is 2.86. The normalized spacial score (nSPS) is 18.0. The lowest BCUT2D eigenvalue weighted by atomic mass is 10.2. The van der Waals surface area contributed by atoms with E-state index in [0.717, 1.165) is 18.7 Å². The van der Waals surface area contributed by atoms with Gasteiger partial charge in [-0.1, -0.05) is 6.08 Å². The minimum Gasteiger partial charge on any atom is -0.380 e. The second-order valence-corrected chi connectivity index (χ2v) is 5.81. The van der Waals surface area contributed by atoms with Gasteiger partial charge >= 0.3 is 0 Å². The topological polar surface area (TPSA) is 67.2 Å². The van der Waals surface area contributed by atoms with Crippen LogP contribution in [0.25, 0.3) is 10.9 Å². The predicted molar refractivity (Wildman–Crippen MR) is 90.4 cm³/mol. The standard InChI is InChI=1S/C17H20N4O2/c1-3-4-16(22)21-8-7-13(10-21)19-12-5-6-15-14(9-12)17(23)20(2)11-18-15/h3-6,9,11,13,19H,7-8,10H2,1-2H3/b4-3+. The fraction of sp³-hybridized carbons (Fsp3) is 0.353. The quantitative estimate of drug-likeness (QED) is 0.873. The Labute approximate surface area is 134 Å². The molecule has 0 radical (unpaired) electrons. The molecule has 23 heavy (non-hydrogen) atoms. The number of aryl methyl sites for hydroxylation is 1. The number of carbonyl (C=O) groups is 1. The fourth-order valence-corrected chi connectivity index (χ4v) is 2.86. The number of anilines is 1. The van der Waals surface area contributed by atoms with Gasteiger partial charge in [-0.2, -0.15) is 0 Å². The summed E-state index contributed by atoms with van der Waals surface area (Å²) in [4.78, 5) is 30.1. The summed E-state index contributed by atoms with van der Waals surface area (Å²) in [6.45, 7) is 3.26. The van der Waals surface area contributed by atoms with Crippen molar-refractivity contribution in [1.82, 2.24) is 14.5 Å². The lowest BCUT2D eigenvalue weighted by molar-refractivity contribution is -0.125. The molecule has 2 aromatic rings. The Morgan fingerprint density at radius 2 is 2.26 bits per heavy atom. The predicted octanol–water partition coefficient (Wildman–Crippen LogP) is 1.52. The molecule has 0 aliphatic carbocycles. The number of amides is 1. The third kappa shape index (κ3) is 3.11. The summed E-state index contributed by atoms with van der Waals surface area (Å²) in [6, 6.07) is 5.80. The van der Waals surface area contributed by atoms with Crippen molar-refractivity contribution in [1.29, 1.82) is 0 Å². The molecule has 1 aromatic heterocycles. The van der Waals surface area contributed by atoms with Gasteiger partial charge in [0.15, 0.2) is 0 Å². The smallest absolute Gasteiger partial charge is 0.260 e. The van der Waals surface area contributed by atoms with Gasteiger partial charge in [-0.15, -0.1) is 0 Å². The number of nitrogens with one attached hydrogen (secondary N) is 1. The van der Waals surface area contributed by atoms with Crippen LogP contribution in [0.2, 0.25) is 0 Å². The van der Waals surface area contributed by atoms with Crippen molar-refractivity contribution in [2.45, 2.75) is 19.4 Å². The molecule has 1 unspecified atom stereocenters. The zero-order chi connectivity index (χ0) is 16.4. The summed E-state index contributed by atoms with van der Waals surface area (Å²) in [5.41, 5.74) is 1.51. The highest BCUT2D eigenvalue weighted by Crippen LogP contribution is 2.19. The van der Waals surface area contributed by atoms with Gasteiger partial charge in [0.05, 0.1) is 17.2 Å². The van der Waals surface area contributed by atoms with Gasteiger partial charge in [0.25, 0.3) is 5.56 Å². The van der Waals surface area contributed by atoms with Crippen LogP contribution in [0, 0.1) is 0 Å². The molecule has 0 saturated carbocycles. The molecule has 1 atom stereocenters. The van der Waals surface area contributed by atoms with Crippen LogP contribution >= 0.6 is 0 Å². The number of fused-ring (bicyclic) bond motifs is 1. The minimum absolute atomic E-state index is 0.0494. The van der Waals surface area contributed by atoms with E-state index in [9.17, 15) is 9.59 Å². The van der Waals surface area contributed by atoms with Gasteiger partial charge < -0.3 is 14.8 Å². The number of allylic oxidation sites excluding steroid dienone is 1. The maximum Gasteiger partial charge on any atom is 0.260 e. The van der Waals surface area contributed by atoms with Crippen LogP contribution in [0.15, 0.2) is 41.5 Å². The van der Waals surface area contributed by atoms with Crippen molar-refractivity contribution in [3.8, 4) is 0 Å². The number of carbonyl (C=O) groups excluding carboxylic acids is 1. The van der Waals surface area contributed by atoms with E-state index in [0.29, 0.717) is 17.4 Å². The second-order valence-electron chi connectivity index (χ2n) is 5.81. The van der Waals surface area contributed by atoms with E-state index in [-0.39, 0.29) is 17.5 Å². The third-order valence-corrected chi connectivity index (χ3v) is 4.10. The molecule has 1 amide bonds. The number of hydrogen-bond acceptors (Lipinski definition) is 4. The molecule has 6 nitrogen and oxygen atoms in total. The van der Waals surface area contributed by atoms with Crippen molar-refractivity contribution < 1.29 is 4.79 Å². The molecular formula is C17H20N4O2. The van der Waals surface area contributed by atoms with Crippen LogP contribution in [0.5, 0.6) is 0 Å². The molecule has 2 heterocycles. The van der Waals surface area contributed by atoms with Crippen molar-refractivity contribution in [3.63, 3.8) is 0 Å². The van der Waals surface area contributed by atoms with Gasteiger partial charge in [0, 0.05) is 31.9 Å². The molecule has 0 bridgehead atoms. The van der Waals surface area contributed by atoms with Crippen molar-refractivity contribution in [2.24, 2.45) is 7.05 Å². The highest BCUT2D eigenvalue weighted by atomic mass is 16.2. The molecule has 1 aromatic carbocycles. The third-order valence-electron chi connectivity index (χ3n) is 4.10. The Morgan fingerprint density at radius 3 is 3.04 bits per heavy atom. The van der Waals surface area contributed by atoms with Gasteiger partial charge in [-0.25, -0.2) is 4.98 Å². The lowest BCUT2D eigenvalue weighted by Crippen LogP contribution is -2.30. The van der Waals surface area contributed by atoms with E-state index in [2.05, 4.69) is 10.3 Å². The van der Waals surface area contributed by atoms with E-state index in [1.165, 1.54) is 10.9 Å². The molecule has 6 heteroatoms. The number of benzene rings is 1. The molecule has 1 fully saturated rings. The number of nitrogens with zero attached hydrogens (tertiary/aromatic N) is 3. The van der Waals surface area contributed by atoms with Crippen LogP contribution in [-0.4, -0.2) is 39.5 Å². The Morgan fingerprint density at radius 1 is 1.43 bits per heavy atom. The Balaban J connectivity index is 1.76. The van der Waals surface area contributed by atoms with Gasteiger partial charge in [0.2, 0.25) is 5.91 Å². The minimum atomic E-state index is -0.0602. The molecule has 1 N–H and O–H groups in total. The van der Waals surface area contributed by atoms with E-state index in [1.54, 1.807) is 19.2 Å². The molecule has 120 valence electrons. The zero-order valence-corrected chi connectivity index (χ0v) is 13.3. The highest BCUT2D eigenvalue weighted by Gasteiger charge is 2.24. The molecule has 1 aliphatic rings. The highest BCUT2D eigenvalue weighted by molar-refractivity contribution is 5.87. The molecule has 1 saturated heterocycles. The molecule has 1 aliphatic heterocycles. The number of hydrogen-bond donors (Lipinski definition) is 1. The summed E-state index contributed by atoms with van der Waals surface area (Å²) in [7, 11) is 1.69. The lowest BCUT2D eigenvalue weighted by Gasteiger charge is -2.16. The van der Waals surface area contributed by atoms with E-state index in [1.807, 2.05) is 30.0 Å². The van der Waals surface area contributed by atoms with Crippen molar-refractivity contribution >= 4 is 22.5 Å². The molecule has 3 rings (SSSR count). The Hall–Kier alpha value is -2.63. The van der Waals surface area contributed by atoms with Gasteiger partial charge in [0.1, 0.15) is 0 Å². The van der Waals surface area contributed by atoms with Crippen LogP contribution in [0.4, 0.5) is 5.69 Å². The summed E-state index contributed by atoms with van der Waals surface area (Å²) < 4.78 is 1.47. The summed E-state index contributed by atoms with van der Waals surface area (Å²) in [5, 5.41) is 4.01. The largest absolute Gasteiger partial charge is 0.380 e. The number of aromatic nitrogens is 2. The monoisotopic (exact) mass is 312 g/mol. The van der Waals surface area contributed by atoms with E-state index < -0.39 is 0 Å². The van der Waals surface area contributed by atoms with Crippen molar-refractivity contribution in [2.75, 3.05) is 18.4 Å². The first-order valence-electron chi connectivity index (χ1n) is 7.72. The number of likely N-dealkylation sites (tertiary alicyclic amines) is 1. The summed E-state index contributed by atoms with van der Waals surface area (Å²) >= 11 is 0. The Kier molecular flexibility index (Phi) is 4.14. The van der Waals surface area contributed by atoms with Crippen LogP contribution < -0.4 is 10.9 Å². The molecule has 0 spiro atoms. The summed E-state index contributed by atoms with van der Waals surface area (Å²) in [5.74, 6) is 0.0494. The maximum absolute atomic E-state index is 12.2. The first-order chi connectivity index (χ1) is 11.1. The zero-order valence-electron chi connectivity index (χ0n) is 13.3. The molecular weight excluding hydrogens is 292 g/mol. The second kappa shape index (κ2) is 6.24. The van der Waals surface area contributed by atoms with Crippen LogP contribution in [-0.2, 0) is 11.8 Å². The maximum atomic E-state index is 12.2. The van der Waals surface area contributed by atoms with Gasteiger partial charge in [-0.05, 0) is 37.6 Å². The summed E-state index contributed by atoms with van der Waals surface area (Å²) in [6.07, 6.45) is 5.77. The van der Waals surface area contributed by atoms with Crippen molar-refractivity contribution in [3.05, 3.63) is 47.0 Å². The number of rotatable bonds is 3.